The van der Waals surface area contributed by atoms with Gasteiger partial charge < -0.3 is 14.8 Å². The van der Waals surface area contributed by atoms with Crippen LogP contribution < -0.4 is 10.1 Å². The Morgan fingerprint density at radius 2 is 2.00 bits per heavy atom. The second kappa shape index (κ2) is 9.59. The number of carbonyl (C=O) groups excluding carboxylic acids is 1. The van der Waals surface area contributed by atoms with E-state index in [2.05, 4.69) is 25.3 Å². The number of aryl methyl sites for hydroxylation is 2. The van der Waals surface area contributed by atoms with Gasteiger partial charge in [-0.05, 0) is 43.7 Å². The zero-order valence-electron chi connectivity index (χ0n) is 16.7. The van der Waals surface area contributed by atoms with Crippen molar-refractivity contribution in [1.82, 2.24) is 19.9 Å². The third-order valence-electron chi connectivity index (χ3n) is 4.08. The monoisotopic (exact) mass is 393 g/mol. The molecule has 0 spiro atoms. The van der Waals surface area contributed by atoms with Crippen LogP contribution in [0.15, 0.2) is 42.9 Å². The number of hydrogen-bond acceptors (Lipinski definition) is 8. The van der Waals surface area contributed by atoms with Crippen LogP contribution in [-0.4, -0.2) is 39.6 Å². The van der Waals surface area contributed by atoms with Crippen LogP contribution >= 0.6 is 0 Å². The molecule has 150 valence electrons. The van der Waals surface area contributed by atoms with Crippen molar-refractivity contribution >= 4 is 17.6 Å². The van der Waals surface area contributed by atoms with Crippen molar-refractivity contribution in [2.45, 2.75) is 26.7 Å². The number of anilines is 2. The quantitative estimate of drug-likeness (QED) is 0.581. The molecule has 8 heteroatoms. The normalized spacial score (nSPS) is 10.4. The summed E-state index contributed by atoms with van der Waals surface area (Å²) < 4.78 is 10.1. The van der Waals surface area contributed by atoms with Crippen molar-refractivity contribution in [1.29, 1.82) is 0 Å². The Hall–Kier alpha value is -3.55. The largest absolute Gasteiger partial charge is 0.481 e. The van der Waals surface area contributed by atoms with Crippen molar-refractivity contribution in [2.24, 2.45) is 0 Å². The lowest BCUT2D eigenvalue weighted by atomic mass is 10.1. The first-order valence-corrected chi connectivity index (χ1v) is 9.30. The summed E-state index contributed by atoms with van der Waals surface area (Å²) in [4.78, 5) is 28.7. The molecule has 0 aliphatic rings. The van der Waals surface area contributed by atoms with Crippen LogP contribution in [0.3, 0.4) is 0 Å². The Labute approximate surface area is 169 Å². The molecule has 3 aromatic rings. The number of carbonyl (C=O) groups is 1. The molecule has 1 aromatic carbocycles. The first-order valence-electron chi connectivity index (χ1n) is 9.30. The lowest BCUT2D eigenvalue weighted by Gasteiger charge is -2.10. The van der Waals surface area contributed by atoms with Gasteiger partial charge in [0.15, 0.2) is 0 Å². The van der Waals surface area contributed by atoms with Gasteiger partial charge in [-0.25, -0.2) is 15.0 Å². The average molecular weight is 393 g/mol. The number of hydrogen-bond donors (Lipinski definition) is 1. The summed E-state index contributed by atoms with van der Waals surface area (Å²) >= 11 is 0. The van der Waals surface area contributed by atoms with E-state index in [4.69, 9.17) is 9.47 Å². The van der Waals surface area contributed by atoms with Gasteiger partial charge >= 0.3 is 5.97 Å². The molecular formula is C21H23N5O3. The smallest absolute Gasteiger partial charge is 0.306 e. The summed E-state index contributed by atoms with van der Waals surface area (Å²) in [6.07, 6.45) is 3.93. The van der Waals surface area contributed by atoms with E-state index < -0.39 is 0 Å². The molecule has 0 unspecified atom stereocenters. The van der Waals surface area contributed by atoms with E-state index in [0.717, 1.165) is 28.2 Å². The number of rotatable bonds is 8. The number of ether oxygens (including phenoxy) is 2. The molecule has 0 aliphatic heterocycles. The fraction of sp³-hybridized carbons (Fsp3) is 0.286. The summed E-state index contributed by atoms with van der Waals surface area (Å²) in [5.74, 6) is 0.698. The van der Waals surface area contributed by atoms with E-state index in [1.807, 2.05) is 31.2 Å². The molecule has 0 bridgehead atoms. The standard InChI is InChI=1S/C21H23N5O3/c1-4-29-20(27)6-5-16-12-18(24-13-23-16)15-9-14(2)10-17(11-15)25-21-22-8-7-19(26-21)28-3/h7-13H,4-6H2,1-3H3,(H,22,25,26). The van der Waals surface area contributed by atoms with Crippen molar-refractivity contribution < 1.29 is 14.3 Å². The zero-order valence-corrected chi connectivity index (χ0v) is 16.7. The van der Waals surface area contributed by atoms with E-state index >= 15 is 0 Å². The molecule has 3 rings (SSSR count). The number of methoxy groups -OCH3 is 1. The van der Waals surface area contributed by atoms with E-state index in [-0.39, 0.29) is 12.4 Å². The summed E-state index contributed by atoms with van der Waals surface area (Å²) in [6, 6.07) is 9.57. The second-order valence-corrected chi connectivity index (χ2v) is 6.33. The predicted octanol–water partition coefficient (Wildman–Crippen LogP) is 3.49. The summed E-state index contributed by atoms with van der Waals surface area (Å²) in [7, 11) is 1.56. The molecule has 2 aromatic heterocycles. The average Bonchev–Trinajstić information content (AvgIpc) is 2.72. The fourth-order valence-corrected chi connectivity index (χ4v) is 2.80. The van der Waals surface area contributed by atoms with Crippen LogP contribution in [-0.2, 0) is 16.0 Å². The van der Waals surface area contributed by atoms with E-state index in [1.165, 1.54) is 6.33 Å². The summed E-state index contributed by atoms with van der Waals surface area (Å²) in [6.45, 7) is 4.18. The molecule has 1 N–H and O–H groups in total. The first-order chi connectivity index (χ1) is 14.1. The van der Waals surface area contributed by atoms with Crippen LogP contribution in [0.5, 0.6) is 5.88 Å². The zero-order chi connectivity index (χ0) is 20.6. The van der Waals surface area contributed by atoms with Gasteiger partial charge in [-0.2, -0.15) is 4.98 Å². The van der Waals surface area contributed by atoms with Crippen molar-refractivity contribution in [3.8, 4) is 17.1 Å². The molecule has 29 heavy (non-hydrogen) atoms. The van der Waals surface area contributed by atoms with Crippen molar-refractivity contribution in [2.75, 3.05) is 19.0 Å². The fourth-order valence-electron chi connectivity index (χ4n) is 2.80. The molecule has 2 heterocycles. The third kappa shape index (κ3) is 5.71. The van der Waals surface area contributed by atoms with Gasteiger partial charge in [0.05, 0.1) is 25.8 Å². The molecule has 0 fully saturated rings. The Balaban J connectivity index is 1.80. The second-order valence-electron chi connectivity index (χ2n) is 6.33. The van der Waals surface area contributed by atoms with E-state index in [9.17, 15) is 4.79 Å². The Morgan fingerprint density at radius 1 is 1.14 bits per heavy atom. The van der Waals surface area contributed by atoms with Gasteiger partial charge in [0.1, 0.15) is 6.33 Å². The highest BCUT2D eigenvalue weighted by Crippen LogP contribution is 2.25. The highest BCUT2D eigenvalue weighted by molar-refractivity contribution is 5.70. The SMILES string of the molecule is CCOC(=O)CCc1cc(-c2cc(C)cc(Nc3nccc(OC)n3)c2)ncn1. The molecule has 0 aliphatic carbocycles. The van der Waals surface area contributed by atoms with Crippen LogP contribution in [0, 0.1) is 6.92 Å². The minimum atomic E-state index is -0.229. The highest BCUT2D eigenvalue weighted by atomic mass is 16.5. The number of nitrogens with zero attached hydrogens (tertiary/aromatic N) is 4. The summed E-state index contributed by atoms with van der Waals surface area (Å²) in [5.41, 5.74) is 4.38. The Bertz CT molecular complexity index is 994. The minimum absolute atomic E-state index is 0.229. The maximum atomic E-state index is 11.6. The number of esters is 1. The van der Waals surface area contributed by atoms with Gasteiger partial charge in [0.25, 0.3) is 0 Å². The van der Waals surface area contributed by atoms with Crippen molar-refractivity contribution in [3.05, 3.63) is 54.1 Å². The highest BCUT2D eigenvalue weighted by Gasteiger charge is 2.09. The predicted molar refractivity (Wildman–Crippen MR) is 109 cm³/mol. The van der Waals surface area contributed by atoms with Gasteiger partial charge in [-0.1, -0.05) is 0 Å². The Kier molecular flexibility index (Phi) is 6.67. The minimum Gasteiger partial charge on any atom is -0.481 e. The molecule has 0 amide bonds. The van der Waals surface area contributed by atoms with E-state index in [0.29, 0.717) is 24.9 Å². The maximum absolute atomic E-state index is 11.6. The number of aromatic nitrogens is 4. The maximum Gasteiger partial charge on any atom is 0.306 e. The third-order valence-corrected chi connectivity index (χ3v) is 4.08. The summed E-state index contributed by atoms with van der Waals surface area (Å²) in [5, 5.41) is 3.19. The van der Waals surface area contributed by atoms with Crippen LogP contribution in [0.1, 0.15) is 24.6 Å². The lowest BCUT2D eigenvalue weighted by molar-refractivity contribution is -0.143. The van der Waals surface area contributed by atoms with Gasteiger partial charge in [0.2, 0.25) is 11.8 Å². The van der Waals surface area contributed by atoms with E-state index in [1.54, 1.807) is 26.3 Å². The number of nitrogens with one attached hydrogen (secondary N) is 1. The molecule has 0 atom stereocenters. The van der Waals surface area contributed by atoms with Gasteiger partial charge in [-0.15, -0.1) is 0 Å². The van der Waals surface area contributed by atoms with Gasteiger partial charge in [-0.3, -0.25) is 4.79 Å². The Morgan fingerprint density at radius 3 is 2.79 bits per heavy atom. The van der Waals surface area contributed by atoms with Crippen LogP contribution in [0.2, 0.25) is 0 Å². The molecule has 0 radical (unpaired) electrons. The topological polar surface area (TPSA) is 99.1 Å². The van der Waals surface area contributed by atoms with Gasteiger partial charge in [0, 0.05) is 35.6 Å². The molecule has 0 saturated heterocycles. The molecule has 8 nitrogen and oxygen atoms in total. The molecule has 0 saturated carbocycles. The lowest BCUT2D eigenvalue weighted by Crippen LogP contribution is -2.06. The number of benzene rings is 1. The van der Waals surface area contributed by atoms with Crippen LogP contribution in [0.4, 0.5) is 11.6 Å². The molecular weight excluding hydrogens is 370 g/mol. The van der Waals surface area contributed by atoms with Crippen LogP contribution in [0.25, 0.3) is 11.3 Å². The van der Waals surface area contributed by atoms with Crippen molar-refractivity contribution in [3.63, 3.8) is 0 Å². The first kappa shape index (κ1) is 20.2.